The quantitative estimate of drug-likeness (QED) is 0.694. The summed E-state index contributed by atoms with van der Waals surface area (Å²) in [5, 5.41) is 2.97. The number of carbonyl (C=O) groups excluding carboxylic acids is 1. The highest BCUT2D eigenvalue weighted by molar-refractivity contribution is 7.89. The van der Waals surface area contributed by atoms with E-state index in [1.165, 1.54) is 29.1 Å². The fourth-order valence-corrected chi connectivity index (χ4v) is 5.22. The number of carbonyl (C=O) groups is 1. The van der Waals surface area contributed by atoms with Gasteiger partial charge in [-0.3, -0.25) is 4.79 Å². The van der Waals surface area contributed by atoms with Crippen molar-refractivity contribution < 1.29 is 17.9 Å². The van der Waals surface area contributed by atoms with E-state index < -0.39 is 10.0 Å². The zero-order valence-electron chi connectivity index (χ0n) is 17.6. The number of rotatable bonds is 8. The lowest BCUT2D eigenvalue weighted by atomic mass is 10.1. The largest absolute Gasteiger partial charge is 0.496 e. The molecular weight excluding hydrogens is 400 g/mol. The van der Waals surface area contributed by atoms with Crippen LogP contribution < -0.4 is 10.1 Å². The maximum absolute atomic E-state index is 13.0. The minimum atomic E-state index is -3.62. The summed E-state index contributed by atoms with van der Waals surface area (Å²) in [7, 11) is -2.14. The molecule has 1 atom stereocenters. The van der Waals surface area contributed by atoms with E-state index in [0.29, 0.717) is 18.8 Å². The normalized spacial score (nSPS) is 16.1. The molecular formula is C23H30N2O4S. The van der Waals surface area contributed by atoms with E-state index in [1.54, 1.807) is 6.07 Å². The molecule has 2 aromatic carbocycles. The Kier molecular flexibility index (Phi) is 7.50. The lowest BCUT2D eigenvalue weighted by molar-refractivity contribution is 0.0935. The SMILES string of the molecule is COc1ccc(S(=O)(=O)N2CCCCC2)cc1C(=O)N[C@@H](C)CCc1ccccc1. The third kappa shape index (κ3) is 5.40. The van der Waals surface area contributed by atoms with E-state index in [4.69, 9.17) is 4.74 Å². The molecule has 1 N–H and O–H groups in total. The summed E-state index contributed by atoms with van der Waals surface area (Å²) in [6.07, 6.45) is 4.40. The number of ether oxygens (including phenoxy) is 1. The molecule has 1 saturated heterocycles. The predicted octanol–water partition coefficient (Wildman–Crippen LogP) is 3.62. The van der Waals surface area contributed by atoms with E-state index in [1.807, 2.05) is 25.1 Å². The van der Waals surface area contributed by atoms with Crippen molar-refractivity contribution >= 4 is 15.9 Å². The number of nitrogens with one attached hydrogen (secondary N) is 1. The van der Waals surface area contributed by atoms with Crippen molar-refractivity contribution in [2.45, 2.75) is 50.0 Å². The average molecular weight is 431 g/mol. The van der Waals surface area contributed by atoms with Gasteiger partial charge in [-0.1, -0.05) is 36.8 Å². The summed E-state index contributed by atoms with van der Waals surface area (Å²) >= 11 is 0. The highest BCUT2D eigenvalue weighted by Gasteiger charge is 2.27. The third-order valence-corrected chi connectivity index (χ3v) is 7.35. The molecule has 0 radical (unpaired) electrons. The Bertz CT molecular complexity index is 954. The maximum Gasteiger partial charge on any atom is 0.255 e. The lowest BCUT2D eigenvalue weighted by Crippen LogP contribution is -2.36. The van der Waals surface area contributed by atoms with Crippen LogP contribution in [0, 0.1) is 0 Å². The Morgan fingerprint density at radius 2 is 1.80 bits per heavy atom. The van der Waals surface area contributed by atoms with Crippen molar-refractivity contribution in [1.29, 1.82) is 0 Å². The average Bonchev–Trinajstić information content (AvgIpc) is 2.78. The smallest absolute Gasteiger partial charge is 0.255 e. The van der Waals surface area contributed by atoms with Gasteiger partial charge in [0, 0.05) is 19.1 Å². The summed E-state index contributed by atoms with van der Waals surface area (Å²) in [4.78, 5) is 13.0. The molecule has 0 bridgehead atoms. The monoisotopic (exact) mass is 430 g/mol. The van der Waals surface area contributed by atoms with Crippen LogP contribution >= 0.6 is 0 Å². The van der Waals surface area contributed by atoms with Crippen molar-refractivity contribution in [2.75, 3.05) is 20.2 Å². The number of aryl methyl sites for hydroxylation is 1. The van der Waals surface area contributed by atoms with Crippen LogP contribution in [0.3, 0.4) is 0 Å². The van der Waals surface area contributed by atoms with Crippen LogP contribution in [0.5, 0.6) is 5.75 Å². The first kappa shape index (κ1) is 22.3. The van der Waals surface area contributed by atoms with E-state index in [0.717, 1.165) is 32.1 Å². The summed E-state index contributed by atoms with van der Waals surface area (Å²) in [6.45, 7) is 2.99. The van der Waals surface area contributed by atoms with Crippen molar-refractivity contribution in [3.63, 3.8) is 0 Å². The van der Waals surface area contributed by atoms with E-state index in [9.17, 15) is 13.2 Å². The van der Waals surface area contributed by atoms with Gasteiger partial charge in [0.1, 0.15) is 5.75 Å². The highest BCUT2D eigenvalue weighted by Crippen LogP contribution is 2.26. The maximum atomic E-state index is 13.0. The Labute approximate surface area is 179 Å². The first-order chi connectivity index (χ1) is 14.4. The van der Waals surface area contributed by atoms with E-state index >= 15 is 0 Å². The van der Waals surface area contributed by atoms with Gasteiger partial charge < -0.3 is 10.1 Å². The number of benzene rings is 2. The van der Waals surface area contributed by atoms with Gasteiger partial charge in [0.05, 0.1) is 17.6 Å². The minimum Gasteiger partial charge on any atom is -0.496 e. The fourth-order valence-electron chi connectivity index (χ4n) is 3.68. The second-order valence-electron chi connectivity index (χ2n) is 7.73. The molecule has 0 aromatic heterocycles. The molecule has 1 fully saturated rings. The molecule has 1 aliphatic heterocycles. The zero-order valence-corrected chi connectivity index (χ0v) is 18.5. The van der Waals surface area contributed by atoms with Crippen LogP contribution in [0.2, 0.25) is 0 Å². The van der Waals surface area contributed by atoms with Crippen molar-refractivity contribution in [3.05, 3.63) is 59.7 Å². The molecule has 1 amide bonds. The number of hydrogen-bond donors (Lipinski definition) is 1. The van der Waals surface area contributed by atoms with Gasteiger partial charge >= 0.3 is 0 Å². The Balaban J connectivity index is 1.73. The van der Waals surface area contributed by atoms with Crippen molar-refractivity contribution in [2.24, 2.45) is 0 Å². The molecule has 6 nitrogen and oxygen atoms in total. The second-order valence-corrected chi connectivity index (χ2v) is 9.66. The van der Waals surface area contributed by atoms with Crippen molar-refractivity contribution in [3.8, 4) is 5.75 Å². The van der Waals surface area contributed by atoms with Gasteiger partial charge in [-0.15, -0.1) is 0 Å². The minimum absolute atomic E-state index is 0.0650. The van der Waals surface area contributed by atoms with Crippen LogP contribution in [-0.4, -0.2) is 44.9 Å². The predicted molar refractivity (Wildman–Crippen MR) is 117 cm³/mol. The Morgan fingerprint density at radius 1 is 1.10 bits per heavy atom. The van der Waals surface area contributed by atoms with Gasteiger partial charge in [0.2, 0.25) is 10.0 Å². The van der Waals surface area contributed by atoms with Gasteiger partial charge in [-0.25, -0.2) is 8.42 Å². The number of methoxy groups -OCH3 is 1. The van der Waals surface area contributed by atoms with Gasteiger partial charge in [0.25, 0.3) is 5.91 Å². The number of amides is 1. The summed E-state index contributed by atoms with van der Waals surface area (Å²) in [6, 6.07) is 14.5. The number of nitrogens with zero attached hydrogens (tertiary/aromatic N) is 1. The van der Waals surface area contributed by atoms with Crippen LogP contribution in [-0.2, 0) is 16.4 Å². The van der Waals surface area contributed by atoms with Crippen molar-refractivity contribution in [1.82, 2.24) is 9.62 Å². The Morgan fingerprint density at radius 3 is 2.47 bits per heavy atom. The standard InChI is InChI=1S/C23H30N2O4S/c1-18(11-12-19-9-5-3-6-10-19)24-23(26)21-17-20(13-14-22(21)29-2)30(27,28)25-15-7-4-8-16-25/h3,5-6,9-10,13-14,17-18H,4,7-8,11-12,15-16H2,1-2H3,(H,24,26)/t18-/m0/s1. The van der Waals surface area contributed by atoms with Crippen LogP contribution in [0.4, 0.5) is 0 Å². The molecule has 0 saturated carbocycles. The molecule has 2 aromatic rings. The van der Waals surface area contributed by atoms with E-state index in [-0.39, 0.29) is 22.4 Å². The molecule has 0 spiro atoms. The first-order valence-electron chi connectivity index (χ1n) is 10.4. The number of piperidine rings is 1. The van der Waals surface area contributed by atoms with Crippen LogP contribution in [0.1, 0.15) is 48.5 Å². The molecule has 1 heterocycles. The topological polar surface area (TPSA) is 75.7 Å². The van der Waals surface area contributed by atoms with Gasteiger partial charge in [0.15, 0.2) is 0 Å². The third-order valence-electron chi connectivity index (χ3n) is 5.45. The molecule has 0 aliphatic carbocycles. The van der Waals surface area contributed by atoms with Gasteiger partial charge in [-0.05, 0) is 56.4 Å². The number of sulfonamides is 1. The number of hydrogen-bond acceptors (Lipinski definition) is 4. The van der Waals surface area contributed by atoms with E-state index in [2.05, 4.69) is 17.4 Å². The zero-order chi connectivity index (χ0) is 21.6. The summed E-state index contributed by atoms with van der Waals surface area (Å²) < 4.78 is 32.8. The lowest BCUT2D eigenvalue weighted by Gasteiger charge is -2.26. The molecule has 30 heavy (non-hydrogen) atoms. The van der Waals surface area contributed by atoms with Crippen LogP contribution in [0.25, 0.3) is 0 Å². The summed E-state index contributed by atoms with van der Waals surface area (Å²) in [5.74, 6) is 0.0310. The molecule has 1 aliphatic rings. The van der Waals surface area contributed by atoms with Gasteiger partial charge in [-0.2, -0.15) is 4.31 Å². The molecule has 162 valence electrons. The molecule has 0 unspecified atom stereocenters. The fraction of sp³-hybridized carbons (Fsp3) is 0.435. The highest BCUT2D eigenvalue weighted by atomic mass is 32.2. The van der Waals surface area contributed by atoms with Crippen LogP contribution in [0.15, 0.2) is 53.4 Å². The summed E-state index contributed by atoms with van der Waals surface area (Å²) in [5.41, 5.74) is 1.45. The Hall–Kier alpha value is -2.38. The molecule has 7 heteroatoms. The first-order valence-corrected chi connectivity index (χ1v) is 11.9. The molecule has 3 rings (SSSR count). The second kappa shape index (κ2) is 10.1.